The molecule has 0 amide bonds. The van der Waals surface area contributed by atoms with Crippen molar-refractivity contribution in [2.75, 3.05) is 25.9 Å². The van der Waals surface area contributed by atoms with Crippen LogP contribution in [0.2, 0.25) is 0 Å². The molecule has 108 valence electrons. The summed E-state index contributed by atoms with van der Waals surface area (Å²) >= 11 is 0. The van der Waals surface area contributed by atoms with Crippen LogP contribution in [0, 0.1) is 0 Å². The van der Waals surface area contributed by atoms with E-state index in [0.29, 0.717) is 11.9 Å². The number of pyridine rings is 1. The van der Waals surface area contributed by atoms with Crippen molar-refractivity contribution in [1.29, 1.82) is 0 Å². The molecular weight excluding hydrogens is 236 g/mol. The molecule has 0 saturated carbocycles. The van der Waals surface area contributed by atoms with Crippen LogP contribution in [0.3, 0.4) is 0 Å². The molecule has 0 fully saturated rings. The molecule has 1 aromatic heterocycles. The molecule has 0 bridgehead atoms. The second-order valence-electron chi connectivity index (χ2n) is 5.46. The normalized spacial score (nSPS) is 13.8. The molecule has 1 atom stereocenters. The van der Waals surface area contributed by atoms with E-state index in [1.165, 1.54) is 5.56 Å². The van der Waals surface area contributed by atoms with Gasteiger partial charge < -0.3 is 11.1 Å². The van der Waals surface area contributed by atoms with Crippen LogP contribution in [0.15, 0.2) is 18.3 Å². The minimum Gasteiger partial charge on any atom is -0.384 e. The number of rotatable bonds is 7. The van der Waals surface area contributed by atoms with Crippen molar-refractivity contribution in [1.82, 2.24) is 15.2 Å². The third-order valence-electron chi connectivity index (χ3n) is 4.07. The number of hydrogen-bond acceptors (Lipinski definition) is 4. The fourth-order valence-electron chi connectivity index (χ4n) is 2.82. The van der Waals surface area contributed by atoms with E-state index >= 15 is 0 Å². The lowest BCUT2D eigenvalue weighted by Crippen LogP contribution is -2.57. The number of hydrogen-bond donors (Lipinski definition) is 2. The first-order valence-electron chi connectivity index (χ1n) is 7.08. The van der Waals surface area contributed by atoms with Crippen molar-refractivity contribution in [2.45, 2.75) is 45.7 Å². The predicted molar refractivity (Wildman–Crippen MR) is 82.2 cm³/mol. The highest BCUT2D eigenvalue weighted by Gasteiger charge is 2.32. The number of nitrogens with one attached hydrogen (secondary N) is 1. The molecule has 0 radical (unpaired) electrons. The summed E-state index contributed by atoms with van der Waals surface area (Å²) in [6.45, 7) is 11.1. The zero-order valence-corrected chi connectivity index (χ0v) is 12.9. The van der Waals surface area contributed by atoms with Gasteiger partial charge in [-0.15, -0.1) is 0 Å². The number of nitrogens with two attached hydrogens (primary N) is 1. The summed E-state index contributed by atoms with van der Waals surface area (Å²) in [4.78, 5) is 6.53. The molecule has 0 saturated heterocycles. The van der Waals surface area contributed by atoms with E-state index < -0.39 is 0 Å². The molecule has 0 aliphatic carbocycles. The Bertz CT molecular complexity index is 385. The highest BCUT2D eigenvalue weighted by Crippen LogP contribution is 2.22. The molecule has 3 N–H and O–H groups in total. The first-order valence-corrected chi connectivity index (χ1v) is 7.08. The summed E-state index contributed by atoms with van der Waals surface area (Å²) in [6.07, 6.45) is 2.73. The Hall–Kier alpha value is -1.13. The van der Waals surface area contributed by atoms with Crippen LogP contribution in [-0.4, -0.2) is 41.6 Å². The number of nitrogens with zero attached hydrogens (tertiary/aromatic N) is 2. The third kappa shape index (κ3) is 3.91. The van der Waals surface area contributed by atoms with Gasteiger partial charge in [-0.3, -0.25) is 4.90 Å². The van der Waals surface area contributed by atoms with Crippen LogP contribution in [0.5, 0.6) is 0 Å². The van der Waals surface area contributed by atoms with Gasteiger partial charge in [-0.1, -0.05) is 13.8 Å². The Morgan fingerprint density at radius 3 is 2.47 bits per heavy atom. The SMILES string of the molecule is CCN(CC)C(C)(C)C(Cc1ccnc(N)c1)NC. The van der Waals surface area contributed by atoms with Gasteiger partial charge in [-0.25, -0.2) is 4.98 Å². The Labute approximate surface area is 117 Å². The minimum atomic E-state index is 0.0935. The van der Waals surface area contributed by atoms with E-state index in [9.17, 15) is 0 Å². The Kier molecular flexibility index (Phi) is 5.76. The van der Waals surface area contributed by atoms with E-state index in [0.717, 1.165) is 19.5 Å². The third-order valence-corrected chi connectivity index (χ3v) is 4.07. The fourth-order valence-corrected chi connectivity index (χ4v) is 2.82. The van der Waals surface area contributed by atoms with Crippen molar-refractivity contribution >= 4 is 5.82 Å². The van der Waals surface area contributed by atoms with Crippen LogP contribution >= 0.6 is 0 Å². The summed E-state index contributed by atoms with van der Waals surface area (Å²) in [5.41, 5.74) is 7.08. The summed E-state index contributed by atoms with van der Waals surface area (Å²) in [5.74, 6) is 0.591. The van der Waals surface area contributed by atoms with Gasteiger partial charge in [0.05, 0.1) is 0 Å². The van der Waals surface area contributed by atoms with E-state index in [2.05, 4.69) is 42.9 Å². The minimum absolute atomic E-state index is 0.0935. The first kappa shape index (κ1) is 15.9. The van der Waals surface area contributed by atoms with Gasteiger partial charge in [-0.2, -0.15) is 0 Å². The molecular formula is C15H28N4. The molecule has 0 aliphatic heterocycles. The predicted octanol–water partition coefficient (Wildman–Crippen LogP) is 1.91. The number of anilines is 1. The smallest absolute Gasteiger partial charge is 0.123 e. The van der Waals surface area contributed by atoms with Gasteiger partial charge in [0, 0.05) is 17.8 Å². The Morgan fingerprint density at radius 1 is 1.37 bits per heavy atom. The number of aromatic nitrogens is 1. The van der Waals surface area contributed by atoms with E-state index in [4.69, 9.17) is 5.73 Å². The molecule has 1 heterocycles. The van der Waals surface area contributed by atoms with Gasteiger partial charge in [0.15, 0.2) is 0 Å². The molecule has 19 heavy (non-hydrogen) atoms. The molecule has 0 aliphatic rings. The van der Waals surface area contributed by atoms with Crippen molar-refractivity contribution in [3.63, 3.8) is 0 Å². The summed E-state index contributed by atoms with van der Waals surface area (Å²) < 4.78 is 0. The monoisotopic (exact) mass is 264 g/mol. The first-order chi connectivity index (χ1) is 8.95. The zero-order chi connectivity index (χ0) is 14.5. The number of nitrogen functional groups attached to an aromatic ring is 1. The van der Waals surface area contributed by atoms with Crippen LogP contribution in [0.1, 0.15) is 33.3 Å². The van der Waals surface area contributed by atoms with Crippen LogP contribution in [-0.2, 0) is 6.42 Å². The van der Waals surface area contributed by atoms with Crippen LogP contribution in [0.25, 0.3) is 0 Å². The van der Waals surface area contributed by atoms with Gasteiger partial charge in [0.2, 0.25) is 0 Å². The fraction of sp³-hybridized carbons (Fsp3) is 0.667. The summed E-state index contributed by atoms with van der Waals surface area (Å²) in [7, 11) is 2.03. The van der Waals surface area contributed by atoms with Crippen molar-refractivity contribution in [3.8, 4) is 0 Å². The molecule has 1 aromatic rings. The van der Waals surface area contributed by atoms with E-state index in [-0.39, 0.29) is 5.54 Å². The van der Waals surface area contributed by atoms with Gasteiger partial charge in [0.1, 0.15) is 5.82 Å². The highest BCUT2D eigenvalue weighted by atomic mass is 15.2. The largest absolute Gasteiger partial charge is 0.384 e. The second-order valence-corrected chi connectivity index (χ2v) is 5.46. The van der Waals surface area contributed by atoms with Gasteiger partial charge in [-0.05, 0) is 58.1 Å². The standard InChI is InChI=1S/C15H28N4/c1-6-19(7-2)15(3,4)13(17-5)10-12-8-9-18-14(16)11-12/h8-9,11,13,17H,6-7,10H2,1-5H3,(H2,16,18). The number of likely N-dealkylation sites (N-methyl/N-ethyl adjacent to an activating group) is 2. The molecule has 0 aromatic carbocycles. The van der Waals surface area contributed by atoms with Gasteiger partial charge in [0.25, 0.3) is 0 Å². The lowest BCUT2D eigenvalue weighted by Gasteiger charge is -2.43. The highest BCUT2D eigenvalue weighted by molar-refractivity contribution is 5.32. The molecule has 4 nitrogen and oxygen atoms in total. The Balaban J connectivity index is 2.88. The topological polar surface area (TPSA) is 54.2 Å². The average molecular weight is 264 g/mol. The summed E-state index contributed by atoms with van der Waals surface area (Å²) in [6, 6.07) is 4.37. The van der Waals surface area contributed by atoms with Crippen LogP contribution < -0.4 is 11.1 Å². The van der Waals surface area contributed by atoms with Crippen molar-refractivity contribution < 1.29 is 0 Å². The zero-order valence-electron chi connectivity index (χ0n) is 12.9. The summed E-state index contributed by atoms with van der Waals surface area (Å²) in [5, 5.41) is 3.46. The maximum atomic E-state index is 5.76. The Morgan fingerprint density at radius 2 is 2.00 bits per heavy atom. The maximum absolute atomic E-state index is 5.76. The van der Waals surface area contributed by atoms with Crippen LogP contribution in [0.4, 0.5) is 5.82 Å². The molecule has 1 rings (SSSR count). The molecule has 4 heteroatoms. The maximum Gasteiger partial charge on any atom is 0.123 e. The lowest BCUT2D eigenvalue weighted by molar-refractivity contribution is 0.0944. The van der Waals surface area contributed by atoms with E-state index in [1.54, 1.807) is 6.20 Å². The van der Waals surface area contributed by atoms with Gasteiger partial charge >= 0.3 is 0 Å². The van der Waals surface area contributed by atoms with E-state index in [1.807, 2.05) is 19.2 Å². The second kappa shape index (κ2) is 6.87. The van der Waals surface area contributed by atoms with Crippen molar-refractivity contribution in [2.24, 2.45) is 0 Å². The molecule has 1 unspecified atom stereocenters. The quantitative estimate of drug-likeness (QED) is 0.790. The average Bonchev–Trinajstić information content (AvgIpc) is 2.37. The molecule has 0 spiro atoms. The van der Waals surface area contributed by atoms with Crippen molar-refractivity contribution in [3.05, 3.63) is 23.9 Å². The lowest BCUT2D eigenvalue weighted by atomic mass is 9.87.